The van der Waals surface area contributed by atoms with Gasteiger partial charge in [0.25, 0.3) is 0 Å². The summed E-state index contributed by atoms with van der Waals surface area (Å²) in [5.41, 5.74) is 0. The van der Waals surface area contributed by atoms with Crippen molar-refractivity contribution in [3.8, 4) is 0 Å². The summed E-state index contributed by atoms with van der Waals surface area (Å²) < 4.78 is 0. The van der Waals surface area contributed by atoms with E-state index in [1.807, 2.05) is 6.92 Å². The molecule has 0 saturated heterocycles. The van der Waals surface area contributed by atoms with Gasteiger partial charge in [0.2, 0.25) is 0 Å². The molecule has 1 heteroatoms. The molecule has 0 amide bonds. The van der Waals surface area contributed by atoms with E-state index in [2.05, 4.69) is 0 Å². The Balaban J connectivity index is 2.98. The van der Waals surface area contributed by atoms with Gasteiger partial charge in [-0.2, -0.15) is 0 Å². The van der Waals surface area contributed by atoms with Crippen LogP contribution in [-0.4, -0.2) is 11.2 Å². The average molecular weight is 99.2 g/mol. The summed E-state index contributed by atoms with van der Waals surface area (Å²) in [6.07, 6.45) is 2.67. The maximum atomic E-state index is 8.68. The lowest BCUT2D eigenvalue weighted by atomic mass is 10.2. The molecule has 0 fully saturated rings. The quantitative estimate of drug-likeness (QED) is 0.562. The molecule has 1 N–H and O–H groups in total. The molecule has 1 nitrogen and oxygen atoms in total. The SMILES string of the molecule is [CH]=CC(O)CCC. The number of aliphatic hydroxyl groups excluding tert-OH is 1. The van der Waals surface area contributed by atoms with Gasteiger partial charge >= 0.3 is 0 Å². The molecule has 7 heavy (non-hydrogen) atoms. The van der Waals surface area contributed by atoms with E-state index in [1.165, 1.54) is 6.08 Å². The van der Waals surface area contributed by atoms with Crippen LogP contribution in [0, 0.1) is 6.58 Å². The fourth-order valence-corrected chi connectivity index (χ4v) is 0.392. The highest BCUT2D eigenvalue weighted by Gasteiger charge is 1.91. The first-order chi connectivity index (χ1) is 3.31. The van der Waals surface area contributed by atoms with Crippen LogP contribution < -0.4 is 0 Å². The van der Waals surface area contributed by atoms with E-state index < -0.39 is 6.10 Å². The molecule has 0 heterocycles. The minimum Gasteiger partial charge on any atom is -0.389 e. The van der Waals surface area contributed by atoms with Gasteiger partial charge in [0.1, 0.15) is 0 Å². The molecule has 0 bridgehead atoms. The van der Waals surface area contributed by atoms with E-state index >= 15 is 0 Å². The van der Waals surface area contributed by atoms with Crippen molar-refractivity contribution in [2.24, 2.45) is 0 Å². The number of hydrogen-bond acceptors (Lipinski definition) is 1. The second-order valence-electron chi connectivity index (χ2n) is 1.55. The Morgan fingerprint density at radius 2 is 2.43 bits per heavy atom. The van der Waals surface area contributed by atoms with E-state index in [1.54, 1.807) is 0 Å². The smallest absolute Gasteiger partial charge is 0.0723 e. The van der Waals surface area contributed by atoms with E-state index in [9.17, 15) is 0 Å². The fourth-order valence-electron chi connectivity index (χ4n) is 0.392. The zero-order chi connectivity index (χ0) is 5.70. The van der Waals surface area contributed by atoms with Crippen molar-refractivity contribution >= 4 is 0 Å². The van der Waals surface area contributed by atoms with Crippen molar-refractivity contribution in [2.75, 3.05) is 0 Å². The highest BCUT2D eigenvalue weighted by Crippen LogP contribution is 1.94. The van der Waals surface area contributed by atoms with Crippen molar-refractivity contribution in [3.05, 3.63) is 12.7 Å². The highest BCUT2D eigenvalue weighted by atomic mass is 16.3. The zero-order valence-corrected chi connectivity index (χ0v) is 4.59. The van der Waals surface area contributed by atoms with Crippen LogP contribution in [0.4, 0.5) is 0 Å². The molecule has 1 atom stereocenters. The predicted octanol–water partition coefficient (Wildman–Crippen LogP) is 1.14. The average Bonchev–Trinajstić information content (AvgIpc) is 1.68. The van der Waals surface area contributed by atoms with Gasteiger partial charge < -0.3 is 5.11 Å². The van der Waals surface area contributed by atoms with E-state index in [-0.39, 0.29) is 0 Å². The van der Waals surface area contributed by atoms with Crippen LogP contribution in [0.1, 0.15) is 19.8 Å². The maximum Gasteiger partial charge on any atom is 0.0723 e. The van der Waals surface area contributed by atoms with Crippen LogP contribution in [0.15, 0.2) is 6.08 Å². The molecule has 0 aromatic carbocycles. The molecule has 0 saturated carbocycles. The molecule has 0 aromatic heterocycles. The Labute approximate surface area is 44.7 Å². The van der Waals surface area contributed by atoms with Gasteiger partial charge in [0.15, 0.2) is 0 Å². The molecular weight excluding hydrogens is 88.1 g/mol. The lowest BCUT2D eigenvalue weighted by Gasteiger charge is -1.97. The molecule has 0 rings (SSSR count). The van der Waals surface area contributed by atoms with E-state index in [0.29, 0.717) is 0 Å². The summed E-state index contributed by atoms with van der Waals surface area (Å²) in [5, 5.41) is 8.68. The number of aliphatic hydroxyl groups is 1. The number of hydrogen-bond donors (Lipinski definition) is 1. The fraction of sp³-hybridized carbons (Fsp3) is 0.667. The summed E-state index contributed by atoms with van der Waals surface area (Å²) >= 11 is 0. The lowest BCUT2D eigenvalue weighted by molar-refractivity contribution is 0.211. The molecule has 0 aliphatic heterocycles. The number of rotatable bonds is 3. The Kier molecular flexibility index (Phi) is 3.71. The van der Waals surface area contributed by atoms with Crippen molar-refractivity contribution in [2.45, 2.75) is 25.9 Å². The van der Waals surface area contributed by atoms with Crippen LogP contribution in [0.25, 0.3) is 0 Å². The van der Waals surface area contributed by atoms with E-state index in [4.69, 9.17) is 11.7 Å². The van der Waals surface area contributed by atoms with Gasteiger partial charge in [-0.05, 0) is 6.42 Å². The first-order valence-corrected chi connectivity index (χ1v) is 2.54. The lowest BCUT2D eigenvalue weighted by Crippen LogP contribution is -1.98. The van der Waals surface area contributed by atoms with Crippen molar-refractivity contribution in [3.63, 3.8) is 0 Å². The normalized spacial score (nSPS) is 13.4. The molecule has 0 aliphatic rings. The monoisotopic (exact) mass is 99.1 g/mol. The second kappa shape index (κ2) is 3.88. The summed E-state index contributed by atoms with van der Waals surface area (Å²) in [6, 6.07) is 0. The Bertz CT molecular complexity index is 50.1. The third-order valence-corrected chi connectivity index (χ3v) is 0.807. The standard InChI is InChI=1S/C6H11O/c1-3-5-6(7)4-2/h2,4,6-7H,3,5H2,1H3. The zero-order valence-electron chi connectivity index (χ0n) is 4.59. The van der Waals surface area contributed by atoms with Crippen molar-refractivity contribution in [1.82, 2.24) is 0 Å². The molecule has 41 valence electrons. The third-order valence-electron chi connectivity index (χ3n) is 0.807. The molecule has 0 spiro atoms. The highest BCUT2D eigenvalue weighted by molar-refractivity contribution is 4.73. The molecule has 0 aliphatic carbocycles. The van der Waals surface area contributed by atoms with Crippen molar-refractivity contribution < 1.29 is 5.11 Å². The van der Waals surface area contributed by atoms with Crippen molar-refractivity contribution in [1.29, 1.82) is 0 Å². The van der Waals surface area contributed by atoms with Gasteiger partial charge in [-0.3, -0.25) is 0 Å². The minimum absolute atomic E-state index is 0.398. The Hall–Kier alpha value is -0.300. The molecular formula is C6H11O. The molecule has 1 radical (unpaired) electrons. The Morgan fingerprint density at radius 3 is 2.57 bits per heavy atom. The third kappa shape index (κ3) is 3.53. The van der Waals surface area contributed by atoms with Crippen LogP contribution in [0.2, 0.25) is 0 Å². The molecule has 1 unspecified atom stereocenters. The maximum absolute atomic E-state index is 8.68. The largest absolute Gasteiger partial charge is 0.389 e. The summed E-state index contributed by atoms with van der Waals surface area (Å²) in [4.78, 5) is 0. The summed E-state index contributed by atoms with van der Waals surface area (Å²) in [7, 11) is 0. The van der Waals surface area contributed by atoms with Gasteiger partial charge in [-0.1, -0.05) is 26.0 Å². The van der Waals surface area contributed by atoms with Crippen LogP contribution >= 0.6 is 0 Å². The van der Waals surface area contributed by atoms with Gasteiger partial charge in [-0.25, -0.2) is 0 Å². The van der Waals surface area contributed by atoms with Gasteiger partial charge in [-0.15, -0.1) is 0 Å². The predicted molar refractivity (Wildman–Crippen MR) is 29.8 cm³/mol. The minimum atomic E-state index is -0.398. The van der Waals surface area contributed by atoms with Crippen LogP contribution in [-0.2, 0) is 0 Å². The van der Waals surface area contributed by atoms with E-state index in [0.717, 1.165) is 12.8 Å². The summed E-state index contributed by atoms with van der Waals surface area (Å²) in [6.45, 7) is 6.99. The van der Waals surface area contributed by atoms with Crippen LogP contribution in [0.3, 0.4) is 0 Å². The first kappa shape index (κ1) is 6.70. The van der Waals surface area contributed by atoms with Gasteiger partial charge in [0, 0.05) is 0 Å². The first-order valence-electron chi connectivity index (χ1n) is 2.54. The Morgan fingerprint density at radius 1 is 1.86 bits per heavy atom. The van der Waals surface area contributed by atoms with Crippen LogP contribution in [0.5, 0.6) is 0 Å². The molecule has 0 aromatic rings. The second-order valence-corrected chi connectivity index (χ2v) is 1.55. The van der Waals surface area contributed by atoms with Gasteiger partial charge in [0.05, 0.1) is 6.10 Å². The topological polar surface area (TPSA) is 20.2 Å². The summed E-state index contributed by atoms with van der Waals surface area (Å²) in [5.74, 6) is 0.